The van der Waals surface area contributed by atoms with Crippen LogP contribution >= 0.6 is 23.4 Å². The van der Waals surface area contributed by atoms with E-state index < -0.39 is 5.82 Å². The Morgan fingerprint density at radius 2 is 2.03 bits per heavy atom. The van der Waals surface area contributed by atoms with Crippen LogP contribution in [0.5, 0.6) is 11.8 Å². The fourth-order valence-corrected chi connectivity index (χ4v) is 3.67. The fraction of sp³-hybridized carbons (Fsp3) is 0.350. The van der Waals surface area contributed by atoms with Gasteiger partial charge in [0.15, 0.2) is 16.1 Å². The first-order valence-electron chi connectivity index (χ1n) is 9.26. The summed E-state index contributed by atoms with van der Waals surface area (Å²) in [6.45, 7) is 1.03. The van der Waals surface area contributed by atoms with E-state index in [4.69, 9.17) is 16.3 Å². The van der Waals surface area contributed by atoms with Crippen molar-refractivity contribution in [3.8, 4) is 11.8 Å². The highest BCUT2D eigenvalue weighted by molar-refractivity contribution is 7.98. The topological polar surface area (TPSA) is 80.2 Å². The molecule has 1 aliphatic carbocycles. The molecule has 152 valence electrons. The highest BCUT2D eigenvalue weighted by Crippen LogP contribution is 2.37. The summed E-state index contributed by atoms with van der Waals surface area (Å²) in [6.07, 6.45) is 3.98. The maximum atomic E-state index is 14.4. The first kappa shape index (κ1) is 20.1. The van der Waals surface area contributed by atoms with Crippen molar-refractivity contribution in [2.75, 3.05) is 12.9 Å². The summed E-state index contributed by atoms with van der Waals surface area (Å²) in [5, 5.41) is 13.7. The Morgan fingerprint density at radius 1 is 1.28 bits per heavy atom. The van der Waals surface area contributed by atoms with Crippen molar-refractivity contribution in [1.29, 1.82) is 0 Å². The SMILES string of the molecule is CSc1nc(O)c2c(OCC(NCc3ccccc3)C3CC3)nc(Cl)c(F)c2n1. The van der Waals surface area contributed by atoms with E-state index in [1.807, 2.05) is 18.2 Å². The van der Waals surface area contributed by atoms with Crippen molar-refractivity contribution < 1.29 is 14.2 Å². The van der Waals surface area contributed by atoms with Crippen LogP contribution in [0, 0.1) is 11.7 Å². The molecule has 2 heterocycles. The number of nitrogens with zero attached hydrogens (tertiary/aromatic N) is 3. The highest BCUT2D eigenvalue weighted by Gasteiger charge is 2.32. The van der Waals surface area contributed by atoms with Crippen LogP contribution in [0.2, 0.25) is 5.15 Å². The smallest absolute Gasteiger partial charge is 0.230 e. The van der Waals surface area contributed by atoms with Crippen molar-refractivity contribution >= 4 is 34.3 Å². The minimum absolute atomic E-state index is 0.0299. The Bertz CT molecular complexity index is 1020. The number of aromatic nitrogens is 3. The second kappa shape index (κ2) is 8.69. The van der Waals surface area contributed by atoms with Gasteiger partial charge in [0.25, 0.3) is 0 Å². The van der Waals surface area contributed by atoms with Crippen LogP contribution in [0.25, 0.3) is 10.9 Å². The van der Waals surface area contributed by atoms with E-state index in [1.165, 1.54) is 17.3 Å². The molecule has 0 saturated heterocycles. The Morgan fingerprint density at radius 3 is 2.72 bits per heavy atom. The first-order valence-corrected chi connectivity index (χ1v) is 10.9. The molecule has 1 aromatic carbocycles. The van der Waals surface area contributed by atoms with Gasteiger partial charge in [-0.3, -0.25) is 0 Å². The molecule has 9 heteroatoms. The van der Waals surface area contributed by atoms with E-state index in [-0.39, 0.29) is 39.0 Å². The number of fused-ring (bicyclic) bond motifs is 1. The summed E-state index contributed by atoms with van der Waals surface area (Å²) in [5.74, 6) is -0.641. The molecule has 0 radical (unpaired) electrons. The van der Waals surface area contributed by atoms with E-state index in [1.54, 1.807) is 6.26 Å². The predicted octanol–water partition coefficient (Wildman–Crippen LogP) is 4.19. The molecule has 2 aromatic heterocycles. The van der Waals surface area contributed by atoms with Crippen molar-refractivity contribution in [2.24, 2.45) is 5.92 Å². The molecule has 6 nitrogen and oxygen atoms in total. The molecule has 1 aliphatic rings. The molecule has 4 rings (SSSR count). The van der Waals surface area contributed by atoms with Gasteiger partial charge in [-0.2, -0.15) is 9.97 Å². The van der Waals surface area contributed by atoms with Gasteiger partial charge in [0.1, 0.15) is 17.5 Å². The molecule has 3 aromatic rings. The van der Waals surface area contributed by atoms with Gasteiger partial charge < -0.3 is 15.2 Å². The van der Waals surface area contributed by atoms with Crippen LogP contribution in [-0.4, -0.2) is 39.0 Å². The maximum Gasteiger partial charge on any atom is 0.230 e. The average molecular weight is 435 g/mol. The third kappa shape index (κ3) is 4.55. The van der Waals surface area contributed by atoms with Crippen molar-refractivity contribution in [2.45, 2.75) is 30.6 Å². The Labute approximate surface area is 176 Å². The van der Waals surface area contributed by atoms with Gasteiger partial charge in [-0.1, -0.05) is 53.7 Å². The van der Waals surface area contributed by atoms with Gasteiger partial charge in [-0.15, -0.1) is 0 Å². The lowest BCUT2D eigenvalue weighted by molar-refractivity contribution is 0.242. The summed E-state index contributed by atoms with van der Waals surface area (Å²) in [7, 11) is 0. The molecule has 1 fully saturated rings. The standard InChI is InChI=1S/C20H20ClFN4O2S/c1-29-20-24-16-14(18(27)26-20)19(25-17(21)15(16)22)28-10-13(12-7-8-12)23-9-11-5-3-2-4-6-11/h2-6,12-13,23H,7-10H2,1H3,(H,24,26,27). The van der Waals surface area contributed by atoms with Crippen molar-refractivity contribution in [1.82, 2.24) is 20.3 Å². The number of thioether (sulfide) groups is 1. The van der Waals surface area contributed by atoms with Crippen LogP contribution < -0.4 is 10.1 Å². The zero-order valence-electron chi connectivity index (χ0n) is 15.7. The van der Waals surface area contributed by atoms with Crippen LogP contribution in [0.15, 0.2) is 35.5 Å². The van der Waals surface area contributed by atoms with E-state index in [2.05, 4.69) is 32.4 Å². The molecule has 29 heavy (non-hydrogen) atoms. The molecule has 0 aliphatic heterocycles. The van der Waals surface area contributed by atoms with Gasteiger partial charge in [-0.05, 0) is 30.6 Å². The summed E-state index contributed by atoms with van der Waals surface area (Å²) in [4.78, 5) is 12.1. The number of halogens is 2. The fourth-order valence-electron chi connectivity index (χ4n) is 3.15. The number of benzene rings is 1. The van der Waals surface area contributed by atoms with Crippen molar-refractivity contribution in [3.63, 3.8) is 0 Å². The predicted molar refractivity (Wildman–Crippen MR) is 111 cm³/mol. The first-order chi connectivity index (χ1) is 14.1. The van der Waals surface area contributed by atoms with Crippen molar-refractivity contribution in [3.05, 3.63) is 46.9 Å². The molecule has 1 saturated carbocycles. The second-order valence-electron chi connectivity index (χ2n) is 6.90. The number of nitrogens with one attached hydrogen (secondary N) is 1. The van der Waals surface area contributed by atoms with Gasteiger partial charge >= 0.3 is 0 Å². The Balaban J connectivity index is 1.55. The van der Waals surface area contributed by atoms with Crippen LogP contribution in [0.1, 0.15) is 18.4 Å². The monoisotopic (exact) mass is 434 g/mol. The summed E-state index contributed by atoms with van der Waals surface area (Å²) >= 11 is 7.13. The van der Waals surface area contributed by atoms with E-state index >= 15 is 0 Å². The summed E-state index contributed by atoms with van der Waals surface area (Å²) in [6, 6.07) is 10.2. The number of hydrogen-bond acceptors (Lipinski definition) is 7. The highest BCUT2D eigenvalue weighted by atomic mass is 35.5. The number of aromatic hydroxyl groups is 1. The van der Waals surface area contributed by atoms with Gasteiger partial charge in [0, 0.05) is 12.6 Å². The largest absolute Gasteiger partial charge is 0.493 e. The van der Waals surface area contributed by atoms with Gasteiger partial charge in [0.05, 0.1) is 0 Å². The van der Waals surface area contributed by atoms with Crippen LogP contribution in [-0.2, 0) is 6.54 Å². The molecule has 1 unspecified atom stereocenters. The molecular weight excluding hydrogens is 415 g/mol. The molecule has 1 atom stereocenters. The summed E-state index contributed by atoms with van der Waals surface area (Å²) in [5.41, 5.74) is 1.08. The lowest BCUT2D eigenvalue weighted by Crippen LogP contribution is -2.36. The molecule has 0 bridgehead atoms. The number of pyridine rings is 1. The average Bonchev–Trinajstić information content (AvgIpc) is 3.57. The molecule has 2 N–H and O–H groups in total. The van der Waals surface area contributed by atoms with Crippen LogP contribution in [0.4, 0.5) is 4.39 Å². The summed E-state index contributed by atoms with van der Waals surface area (Å²) < 4.78 is 20.3. The maximum absolute atomic E-state index is 14.4. The lowest BCUT2D eigenvalue weighted by atomic mass is 10.1. The molecule has 0 spiro atoms. The quantitative estimate of drug-likeness (QED) is 0.312. The Kier molecular flexibility index (Phi) is 6.03. The zero-order chi connectivity index (χ0) is 20.4. The van der Waals surface area contributed by atoms with Gasteiger partial charge in [-0.25, -0.2) is 9.37 Å². The molecule has 0 amide bonds. The minimum Gasteiger partial charge on any atom is -0.493 e. The molecular formula is C20H20ClFN4O2S. The Hall–Kier alpha value is -2.16. The van der Waals surface area contributed by atoms with Gasteiger partial charge in [0.2, 0.25) is 11.8 Å². The van der Waals surface area contributed by atoms with E-state index in [9.17, 15) is 9.50 Å². The third-order valence-electron chi connectivity index (χ3n) is 4.86. The van der Waals surface area contributed by atoms with E-state index in [0.717, 1.165) is 19.4 Å². The lowest BCUT2D eigenvalue weighted by Gasteiger charge is -2.19. The number of rotatable bonds is 8. The third-order valence-corrected chi connectivity index (χ3v) is 5.65. The van der Waals surface area contributed by atoms with Crippen LogP contribution in [0.3, 0.4) is 0 Å². The minimum atomic E-state index is -0.803. The second-order valence-corrected chi connectivity index (χ2v) is 8.03. The zero-order valence-corrected chi connectivity index (χ0v) is 17.3. The van der Waals surface area contributed by atoms with E-state index in [0.29, 0.717) is 12.5 Å². The number of hydrogen-bond donors (Lipinski definition) is 2. The normalized spacial score (nSPS) is 14.9. The number of ether oxygens (including phenoxy) is 1.